The van der Waals surface area contributed by atoms with E-state index >= 15 is 0 Å². The van der Waals surface area contributed by atoms with Gasteiger partial charge in [-0.2, -0.15) is 0 Å². The largest absolute Gasteiger partial charge is 0.345 e. The number of carbonyl (C=O) groups excluding carboxylic acids is 1. The molecule has 26 heavy (non-hydrogen) atoms. The molecule has 3 aromatic rings. The zero-order chi connectivity index (χ0) is 18.1. The minimum absolute atomic E-state index is 0.0530. The predicted octanol–water partition coefficient (Wildman–Crippen LogP) is 4.61. The van der Waals surface area contributed by atoms with Crippen LogP contribution in [0.3, 0.4) is 0 Å². The standard InChI is InChI=1S/C19H19ClN4OS/c1-13-15(20)7-8-16-17(13)22-19(26-16)24-11-9-23(10-12-24)18(25)21-14-5-3-2-4-6-14/h2-8H,9-12H2,1H3,(H,21,25). The summed E-state index contributed by atoms with van der Waals surface area (Å²) in [6.07, 6.45) is 0. The molecule has 0 aliphatic carbocycles. The monoisotopic (exact) mass is 386 g/mol. The fraction of sp³-hybridized carbons (Fsp3) is 0.263. The van der Waals surface area contributed by atoms with E-state index in [0.717, 1.165) is 44.7 Å². The van der Waals surface area contributed by atoms with Gasteiger partial charge in [-0.1, -0.05) is 41.1 Å². The highest BCUT2D eigenvalue weighted by atomic mass is 35.5. The summed E-state index contributed by atoms with van der Waals surface area (Å²) in [5.74, 6) is 0. The molecule has 1 saturated heterocycles. The van der Waals surface area contributed by atoms with Gasteiger partial charge in [-0.15, -0.1) is 0 Å². The fourth-order valence-corrected chi connectivity index (χ4v) is 4.28. The van der Waals surface area contributed by atoms with Gasteiger partial charge in [0.2, 0.25) is 0 Å². The van der Waals surface area contributed by atoms with Crippen molar-refractivity contribution >= 4 is 50.0 Å². The van der Waals surface area contributed by atoms with Crippen molar-refractivity contribution in [1.82, 2.24) is 9.88 Å². The SMILES string of the molecule is Cc1c(Cl)ccc2sc(N3CCN(C(=O)Nc4ccccc4)CC3)nc12. The quantitative estimate of drug-likeness (QED) is 0.699. The van der Waals surface area contributed by atoms with Crippen LogP contribution in [0, 0.1) is 6.92 Å². The summed E-state index contributed by atoms with van der Waals surface area (Å²) in [6, 6.07) is 13.4. The maximum atomic E-state index is 12.4. The van der Waals surface area contributed by atoms with E-state index in [4.69, 9.17) is 16.6 Å². The third-order valence-electron chi connectivity index (χ3n) is 4.60. The smallest absolute Gasteiger partial charge is 0.321 e. The van der Waals surface area contributed by atoms with Crippen molar-refractivity contribution in [2.75, 3.05) is 36.4 Å². The fourth-order valence-electron chi connectivity index (χ4n) is 3.05. The normalized spacial score (nSPS) is 14.7. The van der Waals surface area contributed by atoms with E-state index in [0.29, 0.717) is 13.1 Å². The molecule has 0 bridgehead atoms. The van der Waals surface area contributed by atoms with Crippen LogP contribution < -0.4 is 10.2 Å². The molecule has 2 amide bonds. The average molecular weight is 387 g/mol. The van der Waals surface area contributed by atoms with Gasteiger partial charge in [-0.05, 0) is 36.8 Å². The van der Waals surface area contributed by atoms with Gasteiger partial charge in [-0.25, -0.2) is 9.78 Å². The summed E-state index contributed by atoms with van der Waals surface area (Å²) >= 11 is 7.88. The summed E-state index contributed by atoms with van der Waals surface area (Å²) in [5.41, 5.74) is 2.81. The second-order valence-electron chi connectivity index (χ2n) is 6.29. The highest BCUT2D eigenvalue weighted by Crippen LogP contribution is 2.33. The zero-order valence-electron chi connectivity index (χ0n) is 14.4. The predicted molar refractivity (Wildman–Crippen MR) is 109 cm³/mol. The highest BCUT2D eigenvalue weighted by molar-refractivity contribution is 7.22. The number of piperazine rings is 1. The summed E-state index contributed by atoms with van der Waals surface area (Å²) in [7, 11) is 0. The van der Waals surface area contributed by atoms with E-state index < -0.39 is 0 Å². The molecule has 1 aliphatic rings. The number of aryl methyl sites for hydroxylation is 1. The second-order valence-corrected chi connectivity index (χ2v) is 7.70. The molecule has 4 rings (SSSR count). The van der Waals surface area contributed by atoms with Crippen LogP contribution in [0.1, 0.15) is 5.56 Å². The average Bonchev–Trinajstić information content (AvgIpc) is 3.11. The van der Waals surface area contributed by atoms with Gasteiger partial charge in [0.05, 0.1) is 10.2 Å². The third kappa shape index (κ3) is 3.34. The number of urea groups is 1. The lowest BCUT2D eigenvalue weighted by molar-refractivity contribution is 0.208. The molecule has 7 heteroatoms. The van der Waals surface area contributed by atoms with Crippen molar-refractivity contribution in [1.29, 1.82) is 0 Å². The topological polar surface area (TPSA) is 48.5 Å². The summed E-state index contributed by atoms with van der Waals surface area (Å²) in [6.45, 7) is 4.90. The first-order chi connectivity index (χ1) is 12.6. The van der Waals surface area contributed by atoms with Crippen molar-refractivity contribution in [3.63, 3.8) is 0 Å². The Hall–Kier alpha value is -2.31. The lowest BCUT2D eigenvalue weighted by atomic mass is 10.2. The van der Waals surface area contributed by atoms with Gasteiger partial charge in [0.15, 0.2) is 5.13 Å². The number of fused-ring (bicyclic) bond motifs is 1. The van der Waals surface area contributed by atoms with Crippen LogP contribution in [0.25, 0.3) is 10.2 Å². The summed E-state index contributed by atoms with van der Waals surface area (Å²) < 4.78 is 1.14. The number of hydrogen-bond donors (Lipinski definition) is 1. The van der Waals surface area contributed by atoms with E-state index in [1.54, 1.807) is 11.3 Å². The maximum Gasteiger partial charge on any atom is 0.321 e. The lowest BCUT2D eigenvalue weighted by Gasteiger charge is -2.34. The third-order valence-corrected chi connectivity index (χ3v) is 6.09. The number of anilines is 2. The molecule has 1 fully saturated rings. The number of benzene rings is 2. The van der Waals surface area contributed by atoms with Crippen molar-refractivity contribution in [2.45, 2.75) is 6.92 Å². The van der Waals surface area contributed by atoms with E-state index in [1.165, 1.54) is 0 Å². The maximum absolute atomic E-state index is 12.4. The molecule has 2 heterocycles. The number of hydrogen-bond acceptors (Lipinski definition) is 4. The number of aromatic nitrogens is 1. The van der Waals surface area contributed by atoms with Crippen molar-refractivity contribution < 1.29 is 4.79 Å². The molecule has 0 unspecified atom stereocenters. The summed E-state index contributed by atoms with van der Waals surface area (Å²) in [5, 5.41) is 4.68. The molecule has 5 nitrogen and oxygen atoms in total. The number of rotatable bonds is 2. The van der Waals surface area contributed by atoms with Crippen molar-refractivity contribution in [2.24, 2.45) is 0 Å². The molecule has 1 N–H and O–H groups in total. The van der Waals surface area contributed by atoms with Gasteiger partial charge in [0.25, 0.3) is 0 Å². The van der Waals surface area contributed by atoms with Crippen LogP contribution in [-0.4, -0.2) is 42.1 Å². The van der Waals surface area contributed by atoms with Gasteiger partial charge in [0.1, 0.15) is 0 Å². The van der Waals surface area contributed by atoms with Gasteiger partial charge >= 0.3 is 6.03 Å². The Morgan fingerprint density at radius 2 is 1.85 bits per heavy atom. The Morgan fingerprint density at radius 1 is 1.12 bits per heavy atom. The van der Waals surface area contributed by atoms with Crippen LogP contribution in [0.15, 0.2) is 42.5 Å². The van der Waals surface area contributed by atoms with Crippen LogP contribution in [0.4, 0.5) is 15.6 Å². The lowest BCUT2D eigenvalue weighted by Crippen LogP contribution is -2.50. The van der Waals surface area contributed by atoms with Crippen molar-refractivity contribution in [3.05, 3.63) is 53.1 Å². The molecule has 0 radical (unpaired) electrons. The molecule has 0 saturated carbocycles. The second kappa shape index (κ2) is 7.13. The Morgan fingerprint density at radius 3 is 2.58 bits per heavy atom. The van der Waals surface area contributed by atoms with Crippen LogP contribution in [0.5, 0.6) is 0 Å². The Balaban J connectivity index is 1.42. The number of halogens is 1. The van der Waals surface area contributed by atoms with Crippen LogP contribution >= 0.6 is 22.9 Å². The Bertz CT molecular complexity index is 935. The first-order valence-corrected chi connectivity index (χ1v) is 9.73. The van der Waals surface area contributed by atoms with Crippen LogP contribution in [0.2, 0.25) is 5.02 Å². The molecule has 0 atom stereocenters. The van der Waals surface area contributed by atoms with Crippen LogP contribution in [-0.2, 0) is 0 Å². The number of amides is 2. The molecular weight excluding hydrogens is 368 g/mol. The number of carbonyl (C=O) groups is 1. The minimum atomic E-state index is -0.0530. The van der Waals surface area contributed by atoms with E-state index in [2.05, 4.69) is 10.2 Å². The van der Waals surface area contributed by atoms with Gasteiger partial charge < -0.3 is 15.1 Å². The molecular formula is C19H19ClN4OS. The first kappa shape index (κ1) is 17.1. The number of nitrogens with one attached hydrogen (secondary N) is 1. The zero-order valence-corrected chi connectivity index (χ0v) is 16.0. The number of thiazole rings is 1. The van der Waals surface area contributed by atoms with E-state index in [1.807, 2.05) is 54.3 Å². The van der Waals surface area contributed by atoms with Gasteiger partial charge in [-0.3, -0.25) is 0 Å². The molecule has 1 aromatic heterocycles. The van der Waals surface area contributed by atoms with E-state index in [9.17, 15) is 4.79 Å². The number of nitrogens with zero attached hydrogens (tertiary/aromatic N) is 3. The first-order valence-electron chi connectivity index (χ1n) is 8.53. The number of para-hydroxylation sites is 1. The molecule has 134 valence electrons. The highest BCUT2D eigenvalue weighted by Gasteiger charge is 2.23. The molecule has 1 aliphatic heterocycles. The minimum Gasteiger partial charge on any atom is -0.345 e. The van der Waals surface area contributed by atoms with Gasteiger partial charge in [0, 0.05) is 36.9 Å². The summed E-state index contributed by atoms with van der Waals surface area (Å²) in [4.78, 5) is 21.3. The Kier molecular flexibility index (Phi) is 4.70. The molecule has 2 aromatic carbocycles. The molecule has 0 spiro atoms. The Labute approximate surface area is 161 Å². The van der Waals surface area contributed by atoms with E-state index in [-0.39, 0.29) is 6.03 Å². The van der Waals surface area contributed by atoms with Crippen molar-refractivity contribution in [3.8, 4) is 0 Å².